The highest BCUT2D eigenvalue weighted by Gasteiger charge is 2.12. The molecule has 0 aromatic heterocycles. The molecule has 84 valence electrons. The number of benzene rings is 1. The lowest BCUT2D eigenvalue weighted by molar-refractivity contribution is -0.111. The van der Waals surface area contributed by atoms with Crippen LogP contribution in [0.5, 0.6) is 0 Å². The fourth-order valence-corrected chi connectivity index (χ4v) is 1.46. The van der Waals surface area contributed by atoms with Crippen LogP contribution in [0, 0.1) is 18.2 Å². The van der Waals surface area contributed by atoms with Crippen molar-refractivity contribution in [2.45, 2.75) is 4.90 Å². The summed E-state index contributed by atoms with van der Waals surface area (Å²) in [7, 11) is -3.97. The molecule has 0 aliphatic rings. The lowest BCUT2D eigenvalue weighted by Crippen LogP contribution is -2.14. The summed E-state index contributed by atoms with van der Waals surface area (Å²) >= 11 is 0. The normalized spacial score (nSPS) is 10.6. The van der Waals surface area contributed by atoms with Crippen molar-refractivity contribution in [1.29, 1.82) is 0 Å². The van der Waals surface area contributed by atoms with E-state index in [0.29, 0.717) is 6.07 Å². The first-order valence-electron chi connectivity index (χ1n) is 3.94. The molecule has 0 saturated heterocycles. The van der Waals surface area contributed by atoms with Crippen LogP contribution in [0.25, 0.3) is 0 Å². The maximum absolute atomic E-state index is 13.3. The molecule has 1 aromatic carbocycles. The standard InChI is InChI=1S/C9H7FN2O3S/c1-2-9(13)12-8-4-3-6(5-7(8)10)16(11,14)15/h1,3-5H,(H,12,13)(H2,11,14,15). The van der Waals surface area contributed by atoms with Gasteiger partial charge in [-0.1, -0.05) is 0 Å². The minimum atomic E-state index is -3.97. The van der Waals surface area contributed by atoms with Crippen molar-refractivity contribution in [2.75, 3.05) is 5.32 Å². The number of halogens is 1. The summed E-state index contributed by atoms with van der Waals surface area (Å²) in [4.78, 5) is 10.4. The molecule has 0 atom stereocenters. The molecule has 1 aromatic rings. The molecule has 1 rings (SSSR count). The number of amides is 1. The van der Waals surface area contributed by atoms with Crippen molar-refractivity contribution in [3.63, 3.8) is 0 Å². The van der Waals surface area contributed by atoms with Crippen molar-refractivity contribution >= 4 is 21.6 Å². The fourth-order valence-electron chi connectivity index (χ4n) is 0.933. The predicted octanol–water partition coefficient (Wildman–Crippen LogP) is 0.0448. The molecule has 0 heterocycles. The highest BCUT2D eigenvalue weighted by atomic mass is 32.2. The molecule has 0 aliphatic carbocycles. The van der Waals surface area contributed by atoms with E-state index in [0.717, 1.165) is 12.1 Å². The number of primary sulfonamides is 1. The van der Waals surface area contributed by atoms with Crippen molar-refractivity contribution in [2.24, 2.45) is 5.14 Å². The van der Waals surface area contributed by atoms with Crippen LogP contribution < -0.4 is 10.5 Å². The van der Waals surface area contributed by atoms with Crippen molar-refractivity contribution in [3.05, 3.63) is 24.0 Å². The highest BCUT2D eigenvalue weighted by Crippen LogP contribution is 2.17. The number of hydrogen-bond acceptors (Lipinski definition) is 3. The number of terminal acetylenes is 1. The van der Waals surface area contributed by atoms with Gasteiger partial charge in [0.05, 0.1) is 10.6 Å². The zero-order valence-corrected chi connectivity index (χ0v) is 8.71. The minimum Gasteiger partial charge on any atom is -0.313 e. The average molecular weight is 242 g/mol. The maximum atomic E-state index is 13.3. The van der Waals surface area contributed by atoms with Gasteiger partial charge in [-0.2, -0.15) is 0 Å². The molecule has 7 heteroatoms. The molecule has 0 bridgehead atoms. The van der Waals surface area contributed by atoms with Gasteiger partial charge in [-0.25, -0.2) is 17.9 Å². The first kappa shape index (κ1) is 12.2. The number of nitrogens with two attached hydrogens (primary N) is 1. The Morgan fingerprint density at radius 3 is 2.56 bits per heavy atom. The van der Waals surface area contributed by atoms with E-state index < -0.39 is 21.7 Å². The lowest BCUT2D eigenvalue weighted by atomic mass is 10.3. The smallest absolute Gasteiger partial charge is 0.300 e. The van der Waals surface area contributed by atoms with E-state index in [4.69, 9.17) is 11.6 Å². The predicted molar refractivity (Wildman–Crippen MR) is 55.2 cm³/mol. The van der Waals surface area contributed by atoms with Gasteiger partial charge in [-0.15, -0.1) is 6.42 Å². The van der Waals surface area contributed by atoms with E-state index in [9.17, 15) is 17.6 Å². The second kappa shape index (κ2) is 4.30. The van der Waals surface area contributed by atoms with E-state index in [1.165, 1.54) is 0 Å². The first-order chi connectivity index (χ1) is 7.34. The molecular weight excluding hydrogens is 235 g/mol. The van der Waals surface area contributed by atoms with Gasteiger partial charge in [0.1, 0.15) is 5.82 Å². The van der Waals surface area contributed by atoms with Crippen LogP contribution >= 0.6 is 0 Å². The minimum absolute atomic E-state index is 0.213. The van der Waals surface area contributed by atoms with E-state index in [-0.39, 0.29) is 10.6 Å². The number of sulfonamides is 1. The van der Waals surface area contributed by atoms with Gasteiger partial charge in [0.2, 0.25) is 10.0 Å². The Bertz CT molecular complexity index is 575. The van der Waals surface area contributed by atoms with Crippen molar-refractivity contribution < 1.29 is 17.6 Å². The van der Waals surface area contributed by atoms with Gasteiger partial charge in [0.15, 0.2) is 0 Å². The number of nitrogens with one attached hydrogen (secondary N) is 1. The number of carbonyl (C=O) groups is 1. The first-order valence-corrected chi connectivity index (χ1v) is 5.49. The van der Waals surface area contributed by atoms with E-state index in [1.54, 1.807) is 5.92 Å². The number of rotatable bonds is 2. The van der Waals surface area contributed by atoms with E-state index in [1.807, 2.05) is 0 Å². The highest BCUT2D eigenvalue weighted by molar-refractivity contribution is 7.89. The zero-order chi connectivity index (χ0) is 12.3. The van der Waals surface area contributed by atoms with Gasteiger partial charge >= 0.3 is 0 Å². The summed E-state index contributed by atoms with van der Waals surface area (Å²) in [6.45, 7) is 0. The Labute approximate surface area is 91.5 Å². The number of carbonyl (C=O) groups excluding carboxylic acids is 1. The van der Waals surface area contributed by atoms with Gasteiger partial charge in [0.25, 0.3) is 5.91 Å². The monoisotopic (exact) mass is 242 g/mol. The topological polar surface area (TPSA) is 89.3 Å². The molecule has 0 radical (unpaired) electrons. The third kappa shape index (κ3) is 2.79. The van der Waals surface area contributed by atoms with Gasteiger partial charge in [-0.05, 0) is 24.1 Å². The van der Waals surface area contributed by atoms with Crippen LogP contribution in [0.15, 0.2) is 23.1 Å². The molecule has 0 saturated carbocycles. The van der Waals surface area contributed by atoms with Gasteiger partial charge in [0, 0.05) is 0 Å². The van der Waals surface area contributed by atoms with Crippen molar-refractivity contribution in [3.8, 4) is 12.3 Å². The molecule has 0 aliphatic heterocycles. The number of hydrogen-bond donors (Lipinski definition) is 2. The van der Waals surface area contributed by atoms with Crippen LogP contribution in [0.2, 0.25) is 0 Å². The molecule has 3 N–H and O–H groups in total. The summed E-state index contributed by atoms with van der Waals surface area (Å²) in [6, 6.07) is 2.82. The summed E-state index contributed by atoms with van der Waals surface area (Å²) < 4.78 is 35.0. The van der Waals surface area contributed by atoms with Crippen LogP contribution in [0.4, 0.5) is 10.1 Å². The van der Waals surface area contributed by atoms with Gasteiger partial charge < -0.3 is 5.32 Å². The molecule has 1 amide bonds. The van der Waals surface area contributed by atoms with Crippen LogP contribution in [0.1, 0.15) is 0 Å². The fraction of sp³-hybridized carbons (Fsp3) is 0. The Morgan fingerprint density at radius 1 is 1.50 bits per heavy atom. The number of anilines is 1. The van der Waals surface area contributed by atoms with Crippen molar-refractivity contribution in [1.82, 2.24) is 0 Å². The zero-order valence-electron chi connectivity index (χ0n) is 7.90. The third-order valence-electron chi connectivity index (χ3n) is 1.65. The maximum Gasteiger partial charge on any atom is 0.300 e. The second-order valence-electron chi connectivity index (χ2n) is 2.79. The molecule has 0 unspecified atom stereocenters. The van der Waals surface area contributed by atoms with Crippen LogP contribution in [-0.4, -0.2) is 14.3 Å². The SMILES string of the molecule is C#CC(=O)Nc1ccc(S(N)(=O)=O)cc1F. The van der Waals surface area contributed by atoms with E-state index >= 15 is 0 Å². The summed E-state index contributed by atoms with van der Waals surface area (Å²) in [5.41, 5.74) is -0.213. The molecular formula is C9H7FN2O3S. The Hall–Kier alpha value is -1.91. The van der Waals surface area contributed by atoms with Gasteiger partial charge in [-0.3, -0.25) is 4.79 Å². The second-order valence-corrected chi connectivity index (χ2v) is 4.35. The quantitative estimate of drug-likeness (QED) is 0.718. The molecule has 0 fully saturated rings. The summed E-state index contributed by atoms with van der Waals surface area (Å²) in [5.74, 6) is -0.0404. The Morgan fingerprint density at radius 2 is 2.12 bits per heavy atom. The molecule has 5 nitrogen and oxygen atoms in total. The summed E-state index contributed by atoms with van der Waals surface area (Å²) in [6.07, 6.45) is 4.77. The molecule has 0 spiro atoms. The van der Waals surface area contributed by atoms with E-state index in [2.05, 4.69) is 5.32 Å². The molecule has 16 heavy (non-hydrogen) atoms. The largest absolute Gasteiger partial charge is 0.313 e. The third-order valence-corrected chi connectivity index (χ3v) is 2.56. The van der Waals surface area contributed by atoms with Crippen LogP contribution in [-0.2, 0) is 14.8 Å². The Kier molecular flexibility index (Phi) is 3.27. The van der Waals surface area contributed by atoms with Crippen LogP contribution in [0.3, 0.4) is 0 Å². The average Bonchev–Trinajstić information content (AvgIpc) is 2.19. The lowest BCUT2D eigenvalue weighted by Gasteiger charge is -2.04. The summed E-state index contributed by atoms with van der Waals surface area (Å²) in [5, 5.41) is 6.84. The Balaban J connectivity index is 3.12.